The molecule has 0 saturated carbocycles. The zero-order valence-corrected chi connectivity index (χ0v) is 17.9. The van der Waals surface area contributed by atoms with Crippen LogP contribution >= 0.6 is 0 Å². The van der Waals surface area contributed by atoms with Gasteiger partial charge < -0.3 is 14.4 Å². The third kappa shape index (κ3) is 4.44. The zero-order valence-electron chi connectivity index (χ0n) is 17.9. The van der Waals surface area contributed by atoms with E-state index in [0.717, 1.165) is 82.1 Å². The number of rotatable bonds is 7. The number of aryl methyl sites for hydroxylation is 1. The van der Waals surface area contributed by atoms with Gasteiger partial charge in [-0.15, -0.1) is 0 Å². The van der Waals surface area contributed by atoms with E-state index in [0.29, 0.717) is 12.2 Å². The third-order valence-electron chi connectivity index (χ3n) is 6.34. The first-order valence-corrected chi connectivity index (χ1v) is 11.4. The van der Waals surface area contributed by atoms with Crippen LogP contribution in [0.15, 0.2) is 41.4 Å². The van der Waals surface area contributed by atoms with Crippen LogP contribution in [-0.2, 0) is 6.42 Å². The minimum Gasteiger partial charge on any atom is -0.494 e. The van der Waals surface area contributed by atoms with Crippen molar-refractivity contribution in [2.24, 2.45) is 4.99 Å². The van der Waals surface area contributed by atoms with Gasteiger partial charge in [-0.25, -0.2) is 4.99 Å². The Bertz CT molecular complexity index is 980. The number of nitrogens with zero attached hydrogens (tertiary/aromatic N) is 3. The van der Waals surface area contributed by atoms with Gasteiger partial charge >= 0.3 is 0 Å². The normalized spacial score (nSPS) is 17.9. The van der Waals surface area contributed by atoms with Crippen LogP contribution in [0.25, 0.3) is 0 Å². The number of benzene rings is 2. The highest BCUT2D eigenvalue weighted by Gasteiger charge is 2.22. The average molecular weight is 420 g/mol. The summed E-state index contributed by atoms with van der Waals surface area (Å²) in [6.45, 7) is 6.85. The molecule has 3 aliphatic heterocycles. The number of ether oxygens (including phenoxy) is 2. The van der Waals surface area contributed by atoms with Crippen LogP contribution in [0.4, 0.5) is 5.69 Å². The molecule has 0 N–H and O–H groups in total. The van der Waals surface area contributed by atoms with E-state index in [1.54, 1.807) is 12.3 Å². The summed E-state index contributed by atoms with van der Waals surface area (Å²) in [5, 5.41) is 0. The van der Waals surface area contributed by atoms with Crippen LogP contribution in [0.2, 0.25) is 0 Å². The highest BCUT2D eigenvalue weighted by Crippen LogP contribution is 2.35. The van der Waals surface area contributed by atoms with Crippen molar-refractivity contribution in [1.82, 2.24) is 4.90 Å². The summed E-state index contributed by atoms with van der Waals surface area (Å²) < 4.78 is 11.8. The van der Waals surface area contributed by atoms with E-state index in [4.69, 9.17) is 9.47 Å². The van der Waals surface area contributed by atoms with Crippen LogP contribution in [-0.4, -0.2) is 63.0 Å². The second-order valence-corrected chi connectivity index (χ2v) is 8.41. The summed E-state index contributed by atoms with van der Waals surface area (Å²) >= 11 is 0. The minimum absolute atomic E-state index is 0.179. The van der Waals surface area contributed by atoms with Gasteiger partial charge in [-0.1, -0.05) is 12.1 Å². The van der Waals surface area contributed by atoms with Gasteiger partial charge in [0.1, 0.15) is 11.5 Å². The van der Waals surface area contributed by atoms with Crippen LogP contribution < -0.4 is 14.4 Å². The number of fused-ring (bicyclic) bond motifs is 2. The Kier molecular flexibility index (Phi) is 5.89. The molecule has 0 unspecified atom stereocenters. The van der Waals surface area contributed by atoms with E-state index >= 15 is 0 Å². The van der Waals surface area contributed by atoms with Crippen molar-refractivity contribution in [2.45, 2.75) is 25.7 Å². The summed E-state index contributed by atoms with van der Waals surface area (Å²) in [4.78, 5) is 20.5. The number of carbonyl (C=O) groups is 1. The first kappa shape index (κ1) is 20.1. The fraction of sp³-hybridized carbons (Fsp3) is 0.440. The maximum Gasteiger partial charge on any atom is 0.277 e. The first-order chi connectivity index (χ1) is 15.3. The monoisotopic (exact) mass is 419 g/mol. The van der Waals surface area contributed by atoms with Gasteiger partial charge in [0.15, 0.2) is 0 Å². The Hall–Kier alpha value is -2.86. The Labute approximate surface area is 183 Å². The molecule has 0 atom stereocenters. The van der Waals surface area contributed by atoms with E-state index in [2.05, 4.69) is 33.0 Å². The topological polar surface area (TPSA) is 54.4 Å². The molecular formula is C25H29N3O3. The van der Waals surface area contributed by atoms with Crippen LogP contribution in [0.5, 0.6) is 11.5 Å². The summed E-state index contributed by atoms with van der Waals surface area (Å²) in [6, 6.07) is 12.2. The Morgan fingerprint density at radius 2 is 1.97 bits per heavy atom. The van der Waals surface area contributed by atoms with E-state index in [-0.39, 0.29) is 5.91 Å². The summed E-state index contributed by atoms with van der Waals surface area (Å²) in [7, 11) is 0. The molecule has 162 valence electrons. The number of anilines is 1. The summed E-state index contributed by atoms with van der Waals surface area (Å²) in [6.07, 6.45) is 5.97. The smallest absolute Gasteiger partial charge is 0.277 e. The first-order valence-electron chi connectivity index (χ1n) is 11.4. The lowest BCUT2D eigenvalue weighted by atomic mass is 10.0. The number of hydrogen-bond acceptors (Lipinski definition) is 5. The molecule has 0 radical (unpaired) electrons. The van der Waals surface area contributed by atoms with Crippen LogP contribution in [0.1, 0.15) is 40.7 Å². The molecule has 2 aromatic carbocycles. The molecule has 2 aromatic rings. The highest BCUT2D eigenvalue weighted by molar-refractivity contribution is 6.13. The van der Waals surface area contributed by atoms with Gasteiger partial charge in [0.25, 0.3) is 5.91 Å². The van der Waals surface area contributed by atoms with Crippen molar-refractivity contribution in [1.29, 1.82) is 0 Å². The molecule has 6 nitrogen and oxygen atoms in total. The zero-order chi connectivity index (χ0) is 21.0. The van der Waals surface area contributed by atoms with Gasteiger partial charge in [0.2, 0.25) is 0 Å². The van der Waals surface area contributed by atoms with Crippen molar-refractivity contribution in [2.75, 3.05) is 50.8 Å². The molecule has 1 saturated heterocycles. The second kappa shape index (κ2) is 9.10. The van der Waals surface area contributed by atoms with Gasteiger partial charge in [-0.2, -0.15) is 0 Å². The predicted molar refractivity (Wildman–Crippen MR) is 122 cm³/mol. The SMILES string of the molecule is O=C1N=Cc2ccc(OCCCCN3CCN(c4cccc5c4OCCC5)CC3)cc21. The van der Waals surface area contributed by atoms with E-state index in [1.165, 1.54) is 11.3 Å². The predicted octanol–water partition coefficient (Wildman–Crippen LogP) is 3.57. The van der Waals surface area contributed by atoms with Gasteiger partial charge in [0.05, 0.1) is 24.5 Å². The van der Waals surface area contributed by atoms with Crippen LogP contribution in [0, 0.1) is 0 Å². The second-order valence-electron chi connectivity index (χ2n) is 8.41. The van der Waals surface area contributed by atoms with E-state index in [9.17, 15) is 4.79 Å². The van der Waals surface area contributed by atoms with Crippen molar-refractivity contribution >= 4 is 17.8 Å². The molecule has 0 spiro atoms. The molecule has 0 aromatic heterocycles. The fourth-order valence-electron chi connectivity index (χ4n) is 4.58. The number of aliphatic imine (C=N–C) groups is 1. The number of hydrogen-bond donors (Lipinski definition) is 0. The van der Waals surface area contributed by atoms with Gasteiger partial charge in [-0.05, 0) is 62.1 Å². The average Bonchev–Trinajstić information content (AvgIpc) is 3.19. The lowest BCUT2D eigenvalue weighted by Gasteiger charge is -2.37. The highest BCUT2D eigenvalue weighted by atomic mass is 16.5. The van der Waals surface area contributed by atoms with Crippen molar-refractivity contribution in [3.8, 4) is 11.5 Å². The third-order valence-corrected chi connectivity index (χ3v) is 6.34. The minimum atomic E-state index is -0.179. The van der Waals surface area contributed by atoms with E-state index < -0.39 is 0 Å². The maximum atomic E-state index is 11.7. The van der Waals surface area contributed by atoms with E-state index in [1.807, 2.05) is 12.1 Å². The number of amides is 1. The number of para-hydroxylation sites is 1. The van der Waals surface area contributed by atoms with Gasteiger partial charge in [0, 0.05) is 38.0 Å². The molecule has 31 heavy (non-hydrogen) atoms. The standard InChI is InChI=1S/C25H29N3O3/c29-25-22-17-21(9-8-20(22)18-26-25)30-15-2-1-10-27-11-13-28(14-12-27)23-7-3-5-19-6-4-16-31-24(19)23/h3,5,7-9,17-18H,1-2,4,6,10-16H2. The summed E-state index contributed by atoms with van der Waals surface area (Å²) in [5.41, 5.74) is 4.13. The molecule has 3 heterocycles. The largest absolute Gasteiger partial charge is 0.494 e. The van der Waals surface area contributed by atoms with Crippen molar-refractivity contribution in [3.63, 3.8) is 0 Å². The van der Waals surface area contributed by atoms with Crippen molar-refractivity contribution < 1.29 is 14.3 Å². The number of piperazine rings is 1. The Morgan fingerprint density at radius 3 is 2.87 bits per heavy atom. The Balaban J connectivity index is 1.03. The van der Waals surface area contributed by atoms with Crippen LogP contribution in [0.3, 0.4) is 0 Å². The quantitative estimate of drug-likeness (QED) is 0.643. The molecule has 0 bridgehead atoms. The van der Waals surface area contributed by atoms with Gasteiger partial charge in [-0.3, -0.25) is 9.69 Å². The Morgan fingerprint density at radius 1 is 1.06 bits per heavy atom. The fourth-order valence-corrected chi connectivity index (χ4v) is 4.58. The molecule has 1 fully saturated rings. The molecule has 0 aliphatic carbocycles. The number of carbonyl (C=O) groups excluding carboxylic acids is 1. The molecule has 5 rings (SSSR count). The molecule has 1 amide bonds. The lowest BCUT2D eigenvalue weighted by Crippen LogP contribution is -2.46. The molecular weight excluding hydrogens is 390 g/mol. The number of unbranched alkanes of at least 4 members (excludes halogenated alkanes) is 1. The molecule has 3 aliphatic rings. The lowest BCUT2D eigenvalue weighted by molar-refractivity contribution is 0.101. The maximum absolute atomic E-state index is 11.7. The molecule has 6 heteroatoms. The van der Waals surface area contributed by atoms with Crippen molar-refractivity contribution in [3.05, 3.63) is 53.1 Å². The summed E-state index contributed by atoms with van der Waals surface area (Å²) in [5.74, 6) is 1.68.